The Labute approximate surface area is 128 Å². The molecule has 114 valence electrons. The van der Waals surface area contributed by atoms with Crippen LogP contribution in [0.5, 0.6) is 5.75 Å². The van der Waals surface area contributed by atoms with Crippen molar-refractivity contribution in [2.45, 2.75) is 47.0 Å². The van der Waals surface area contributed by atoms with Crippen LogP contribution in [-0.2, 0) is 0 Å². The number of halogens is 1. The lowest BCUT2D eigenvalue weighted by Gasteiger charge is -2.10. The van der Waals surface area contributed by atoms with Gasteiger partial charge in [-0.05, 0) is 75.4 Å². The smallest absolute Gasteiger partial charge is 0.119 e. The van der Waals surface area contributed by atoms with Gasteiger partial charge in [-0.15, -0.1) is 0 Å². The topological polar surface area (TPSA) is 21.3 Å². The minimum Gasteiger partial charge on any atom is -0.494 e. The average Bonchev–Trinajstić information content (AvgIpc) is 2.38. The summed E-state index contributed by atoms with van der Waals surface area (Å²) in [4.78, 5) is 0. The molecule has 1 aromatic rings. The molecule has 1 N–H and O–H groups in total. The number of rotatable bonds is 9. The van der Waals surface area contributed by atoms with Gasteiger partial charge in [-0.2, -0.15) is 0 Å². The molecule has 0 aliphatic heterocycles. The first-order chi connectivity index (χ1) is 9.50. The number of ether oxygens (including phenoxy) is 1. The molecule has 0 heterocycles. The van der Waals surface area contributed by atoms with Crippen molar-refractivity contribution in [1.29, 1.82) is 0 Å². The Morgan fingerprint density at radius 2 is 1.75 bits per heavy atom. The molecule has 0 saturated heterocycles. The van der Waals surface area contributed by atoms with Crippen LogP contribution in [0.15, 0.2) is 12.1 Å². The zero-order valence-electron chi connectivity index (χ0n) is 13.3. The molecule has 2 nitrogen and oxygen atoms in total. The van der Waals surface area contributed by atoms with Crippen LogP contribution in [-0.4, -0.2) is 19.7 Å². The van der Waals surface area contributed by atoms with Crippen LogP contribution in [0.25, 0.3) is 0 Å². The number of hydrogen-bond acceptors (Lipinski definition) is 2. The summed E-state index contributed by atoms with van der Waals surface area (Å²) in [5, 5.41) is 4.30. The molecule has 0 bridgehead atoms. The number of benzene rings is 1. The van der Waals surface area contributed by atoms with Crippen LogP contribution in [0, 0.1) is 19.8 Å². The highest BCUT2D eigenvalue weighted by Crippen LogP contribution is 2.25. The zero-order chi connectivity index (χ0) is 15.0. The minimum absolute atomic E-state index is 0.731. The van der Waals surface area contributed by atoms with Crippen LogP contribution < -0.4 is 10.1 Å². The summed E-state index contributed by atoms with van der Waals surface area (Å²) < 4.78 is 5.79. The highest BCUT2D eigenvalue weighted by atomic mass is 35.5. The largest absolute Gasteiger partial charge is 0.494 e. The quantitative estimate of drug-likeness (QED) is 0.664. The Morgan fingerprint density at radius 1 is 1.10 bits per heavy atom. The van der Waals surface area contributed by atoms with Gasteiger partial charge in [0.25, 0.3) is 0 Å². The van der Waals surface area contributed by atoms with Gasteiger partial charge >= 0.3 is 0 Å². The molecule has 0 aliphatic carbocycles. The maximum atomic E-state index is 6.14. The fourth-order valence-electron chi connectivity index (χ4n) is 2.10. The van der Waals surface area contributed by atoms with E-state index >= 15 is 0 Å². The van der Waals surface area contributed by atoms with Crippen molar-refractivity contribution in [3.63, 3.8) is 0 Å². The molecular weight excluding hydrogens is 270 g/mol. The van der Waals surface area contributed by atoms with Gasteiger partial charge in [-0.1, -0.05) is 25.4 Å². The number of unbranched alkanes of at least 4 members (excludes halogenated alkanes) is 2. The molecule has 0 amide bonds. The molecule has 0 saturated carbocycles. The molecule has 3 heteroatoms. The fraction of sp³-hybridized carbons (Fsp3) is 0.647. The van der Waals surface area contributed by atoms with E-state index in [0.29, 0.717) is 0 Å². The second kappa shape index (κ2) is 9.25. The lowest BCUT2D eigenvalue weighted by Crippen LogP contribution is -2.20. The lowest BCUT2D eigenvalue weighted by atomic mass is 10.1. The summed E-state index contributed by atoms with van der Waals surface area (Å²) in [6, 6.07) is 4.03. The molecule has 0 spiro atoms. The van der Waals surface area contributed by atoms with E-state index in [4.69, 9.17) is 16.3 Å². The SMILES string of the molecule is Cc1cc(OCCCCCNCC(C)C)cc(C)c1Cl. The second-order valence-corrected chi connectivity index (χ2v) is 6.26. The highest BCUT2D eigenvalue weighted by Gasteiger charge is 2.03. The standard InChI is InChI=1S/C17H28ClNO/c1-13(2)12-19-8-6-5-7-9-20-16-10-14(3)17(18)15(4)11-16/h10-11,13,19H,5-9,12H2,1-4H3. The van der Waals surface area contributed by atoms with Crippen LogP contribution in [0.3, 0.4) is 0 Å². The van der Waals surface area contributed by atoms with Crippen molar-refractivity contribution in [3.8, 4) is 5.75 Å². The lowest BCUT2D eigenvalue weighted by molar-refractivity contribution is 0.304. The van der Waals surface area contributed by atoms with Crippen LogP contribution in [0.4, 0.5) is 0 Å². The van der Waals surface area contributed by atoms with E-state index in [1.54, 1.807) is 0 Å². The highest BCUT2D eigenvalue weighted by molar-refractivity contribution is 6.32. The first-order valence-electron chi connectivity index (χ1n) is 7.61. The van der Waals surface area contributed by atoms with Gasteiger partial charge < -0.3 is 10.1 Å². The molecular formula is C17H28ClNO. The molecule has 1 rings (SSSR count). The summed E-state index contributed by atoms with van der Waals surface area (Å²) in [6.07, 6.45) is 3.52. The molecule has 0 aliphatic rings. The summed E-state index contributed by atoms with van der Waals surface area (Å²) in [5.41, 5.74) is 2.17. The Hall–Kier alpha value is -0.730. The van der Waals surface area contributed by atoms with E-state index in [1.807, 2.05) is 26.0 Å². The van der Waals surface area contributed by atoms with E-state index in [1.165, 1.54) is 12.8 Å². The summed E-state index contributed by atoms with van der Waals surface area (Å²) >= 11 is 6.14. The second-order valence-electron chi connectivity index (χ2n) is 5.88. The van der Waals surface area contributed by atoms with E-state index in [0.717, 1.165) is 53.9 Å². The molecule has 0 unspecified atom stereocenters. The Kier molecular flexibility index (Phi) is 8.01. The van der Waals surface area contributed by atoms with Gasteiger partial charge in [-0.25, -0.2) is 0 Å². The molecule has 1 aromatic carbocycles. The Morgan fingerprint density at radius 3 is 2.35 bits per heavy atom. The van der Waals surface area contributed by atoms with Gasteiger partial charge in [0.15, 0.2) is 0 Å². The summed E-state index contributed by atoms with van der Waals surface area (Å²) in [5.74, 6) is 1.66. The summed E-state index contributed by atoms with van der Waals surface area (Å²) in [6.45, 7) is 11.5. The van der Waals surface area contributed by atoms with Crippen molar-refractivity contribution >= 4 is 11.6 Å². The van der Waals surface area contributed by atoms with Crippen LogP contribution in [0.1, 0.15) is 44.2 Å². The normalized spacial score (nSPS) is 11.1. The van der Waals surface area contributed by atoms with Crippen LogP contribution in [0.2, 0.25) is 5.02 Å². The average molecular weight is 298 g/mol. The maximum Gasteiger partial charge on any atom is 0.119 e. The first-order valence-corrected chi connectivity index (χ1v) is 7.98. The van der Waals surface area contributed by atoms with Crippen molar-refractivity contribution < 1.29 is 4.74 Å². The molecule has 20 heavy (non-hydrogen) atoms. The van der Waals surface area contributed by atoms with E-state index in [-0.39, 0.29) is 0 Å². The number of nitrogens with one attached hydrogen (secondary N) is 1. The first kappa shape index (κ1) is 17.3. The Balaban J connectivity index is 2.13. The molecule has 0 aromatic heterocycles. The molecule has 0 fully saturated rings. The van der Waals surface area contributed by atoms with Gasteiger partial charge in [0.2, 0.25) is 0 Å². The van der Waals surface area contributed by atoms with Gasteiger partial charge in [0.05, 0.1) is 6.61 Å². The monoisotopic (exact) mass is 297 g/mol. The van der Waals surface area contributed by atoms with E-state index < -0.39 is 0 Å². The zero-order valence-corrected chi connectivity index (χ0v) is 14.0. The van der Waals surface area contributed by atoms with E-state index in [2.05, 4.69) is 19.2 Å². The minimum atomic E-state index is 0.731. The predicted molar refractivity (Wildman–Crippen MR) is 88.0 cm³/mol. The summed E-state index contributed by atoms with van der Waals surface area (Å²) in [7, 11) is 0. The van der Waals surface area contributed by atoms with Crippen molar-refractivity contribution in [3.05, 3.63) is 28.3 Å². The van der Waals surface area contributed by atoms with E-state index in [9.17, 15) is 0 Å². The third-order valence-corrected chi connectivity index (χ3v) is 3.83. The van der Waals surface area contributed by atoms with Gasteiger partial charge in [0, 0.05) is 5.02 Å². The van der Waals surface area contributed by atoms with Gasteiger partial charge in [0.1, 0.15) is 5.75 Å². The van der Waals surface area contributed by atoms with Crippen LogP contribution >= 0.6 is 11.6 Å². The molecule has 0 atom stereocenters. The van der Waals surface area contributed by atoms with Crippen molar-refractivity contribution in [1.82, 2.24) is 5.32 Å². The third-order valence-electron chi connectivity index (χ3n) is 3.23. The fourth-order valence-corrected chi connectivity index (χ4v) is 2.21. The molecule has 0 radical (unpaired) electrons. The van der Waals surface area contributed by atoms with Crippen molar-refractivity contribution in [2.75, 3.05) is 19.7 Å². The third kappa shape index (κ3) is 6.62. The predicted octanol–water partition coefficient (Wildman–Crippen LogP) is 4.75. The number of aryl methyl sites for hydroxylation is 2. The maximum absolute atomic E-state index is 6.14. The Bertz CT molecular complexity index is 381. The number of hydrogen-bond donors (Lipinski definition) is 1. The van der Waals surface area contributed by atoms with Crippen molar-refractivity contribution in [2.24, 2.45) is 5.92 Å². The van der Waals surface area contributed by atoms with Gasteiger partial charge in [-0.3, -0.25) is 0 Å².